The van der Waals surface area contributed by atoms with Crippen LogP contribution in [-0.2, 0) is 0 Å². The number of piperidine rings is 1. The fourth-order valence-electron chi connectivity index (χ4n) is 3.61. The first-order valence-corrected chi connectivity index (χ1v) is 8.08. The predicted molar refractivity (Wildman–Crippen MR) is 83.3 cm³/mol. The van der Waals surface area contributed by atoms with Crippen LogP contribution < -0.4 is 5.32 Å². The SMILES string of the molecule is CC1(CN2CCC(c3ncccc3Cl)CC2)CCNC1. The number of halogens is 1. The van der Waals surface area contributed by atoms with Crippen LogP contribution in [0.5, 0.6) is 0 Å². The zero-order valence-electron chi connectivity index (χ0n) is 12.2. The average Bonchev–Trinajstić information content (AvgIpc) is 2.87. The van der Waals surface area contributed by atoms with Crippen molar-refractivity contribution in [2.24, 2.45) is 5.41 Å². The Morgan fingerprint density at radius 2 is 2.25 bits per heavy atom. The van der Waals surface area contributed by atoms with Crippen LogP contribution in [0.15, 0.2) is 18.3 Å². The second-order valence-corrected chi connectivity index (χ2v) is 7.07. The van der Waals surface area contributed by atoms with E-state index in [0.717, 1.165) is 10.7 Å². The normalized spacial score (nSPS) is 28.9. The molecular weight excluding hydrogens is 270 g/mol. The summed E-state index contributed by atoms with van der Waals surface area (Å²) in [7, 11) is 0. The van der Waals surface area contributed by atoms with Gasteiger partial charge in [0, 0.05) is 25.2 Å². The van der Waals surface area contributed by atoms with Crippen molar-refractivity contribution in [1.82, 2.24) is 15.2 Å². The molecule has 3 rings (SSSR count). The first kappa shape index (κ1) is 14.3. The van der Waals surface area contributed by atoms with Gasteiger partial charge in [-0.3, -0.25) is 4.98 Å². The van der Waals surface area contributed by atoms with E-state index in [1.54, 1.807) is 0 Å². The molecule has 4 heteroatoms. The number of hydrogen-bond donors (Lipinski definition) is 1. The van der Waals surface area contributed by atoms with E-state index < -0.39 is 0 Å². The highest BCUT2D eigenvalue weighted by atomic mass is 35.5. The molecule has 0 aromatic carbocycles. The zero-order chi connectivity index (χ0) is 14.0. The van der Waals surface area contributed by atoms with Gasteiger partial charge in [-0.1, -0.05) is 18.5 Å². The van der Waals surface area contributed by atoms with Gasteiger partial charge in [0.05, 0.1) is 10.7 Å². The van der Waals surface area contributed by atoms with Crippen molar-refractivity contribution in [2.45, 2.75) is 32.1 Å². The van der Waals surface area contributed by atoms with Crippen molar-refractivity contribution < 1.29 is 0 Å². The third kappa shape index (κ3) is 3.16. The lowest BCUT2D eigenvalue weighted by Crippen LogP contribution is -2.41. The highest BCUT2D eigenvalue weighted by Crippen LogP contribution is 2.33. The minimum absolute atomic E-state index is 0.468. The summed E-state index contributed by atoms with van der Waals surface area (Å²) in [5, 5.41) is 4.32. The Bertz CT molecular complexity index is 449. The molecule has 3 heterocycles. The van der Waals surface area contributed by atoms with Gasteiger partial charge in [-0.05, 0) is 56.4 Å². The Balaban J connectivity index is 1.56. The number of hydrogen-bond acceptors (Lipinski definition) is 3. The summed E-state index contributed by atoms with van der Waals surface area (Å²) in [6.45, 7) is 8.33. The van der Waals surface area contributed by atoms with Gasteiger partial charge >= 0.3 is 0 Å². The minimum Gasteiger partial charge on any atom is -0.316 e. The molecule has 0 spiro atoms. The molecule has 1 aromatic heterocycles. The standard InChI is InChI=1S/C16H24ClN3/c1-16(6-8-18-11-16)12-20-9-4-13(5-10-20)15-14(17)3-2-7-19-15/h2-3,7,13,18H,4-6,8-12H2,1H3. The lowest BCUT2D eigenvalue weighted by molar-refractivity contribution is 0.143. The van der Waals surface area contributed by atoms with Crippen LogP contribution in [0.4, 0.5) is 0 Å². The molecule has 0 aliphatic carbocycles. The Morgan fingerprint density at radius 1 is 1.45 bits per heavy atom. The molecule has 1 unspecified atom stereocenters. The average molecular weight is 294 g/mol. The molecule has 20 heavy (non-hydrogen) atoms. The van der Waals surface area contributed by atoms with Crippen LogP contribution in [0.25, 0.3) is 0 Å². The molecule has 0 bridgehead atoms. The molecule has 3 nitrogen and oxygen atoms in total. The van der Waals surface area contributed by atoms with Crippen LogP contribution >= 0.6 is 11.6 Å². The Labute approximate surface area is 126 Å². The fourth-order valence-corrected chi connectivity index (χ4v) is 3.88. The van der Waals surface area contributed by atoms with Crippen LogP contribution in [0.3, 0.4) is 0 Å². The highest BCUT2D eigenvalue weighted by molar-refractivity contribution is 6.31. The van der Waals surface area contributed by atoms with Crippen molar-refractivity contribution in [3.05, 3.63) is 29.0 Å². The maximum atomic E-state index is 6.27. The molecule has 1 aromatic rings. The van der Waals surface area contributed by atoms with Crippen LogP contribution in [-0.4, -0.2) is 42.6 Å². The number of nitrogens with zero attached hydrogens (tertiary/aromatic N) is 2. The first-order valence-electron chi connectivity index (χ1n) is 7.70. The summed E-state index contributed by atoms with van der Waals surface area (Å²) in [5.41, 5.74) is 1.57. The fraction of sp³-hybridized carbons (Fsp3) is 0.688. The van der Waals surface area contributed by atoms with Crippen molar-refractivity contribution in [3.63, 3.8) is 0 Å². The number of aromatic nitrogens is 1. The number of rotatable bonds is 3. The summed E-state index contributed by atoms with van der Waals surface area (Å²) >= 11 is 6.27. The topological polar surface area (TPSA) is 28.2 Å². The second kappa shape index (κ2) is 6.00. The van der Waals surface area contributed by atoms with Gasteiger partial charge in [0.2, 0.25) is 0 Å². The van der Waals surface area contributed by atoms with E-state index in [1.807, 2.05) is 18.3 Å². The maximum absolute atomic E-state index is 6.27. The lowest BCUT2D eigenvalue weighted by atomic mass is 9.87. The van der Waals surface area contributed by atoms with E-state index >= 15 is 0 Å². The van der Waals surface area contributed by atoms with Gasteiger partial charge in [-0.25, -0.2) is 0 Å². The van der Waals surface area contributed by atoms with E-state index in [9.17, 15) is 0 Å². The Morgan fingerprint density at radius 3 is 2.90 bits per heavy atom. The summed E-state index contributed by atoms with van der Waals surface area (Å²) in [6, 6.07) is 3.87. The Kier molecular flexibility index (Phi) is 4.29. The Hall–Kier alpha value is -0.640. The molecule has 1 atom stereocenters. The van der Waals surface area contributed by atoms with Gasteiger partial charge in [-0.15, -0.1) is 0 Å². The maximum Gasteiger partial charge on any atom is 0.0624 e. The van der Waals surface area contributed by atoms with E-state index in [-0.39, 0.29) is 0 Å². The zero-order valence-corrected chi connectivity index (χ0v) is 13.0. The van der Waals surface area contributed by atoms with Crippen LogP contribution in [0.2, 0.25) is 5.02 Å². The van der Waals surface area contributed by atoms with Gasteiger partial charge < -0.3 is 10.2 Å². The highest BCUT2D eigenvalue weighted by Gasteiger charge is 2.32. The quantitative estimate of drug-likeness (QED) is 0.929. The monoisotopic (exact) mass is 293 g/mol. The van der Waals surface area contributed by atoms with Gasteiger partial charge in [0.1, 0.15) is 0 Å². The molecule has 0 saturated carbocycles. The molecule has 2 aliphatic heterocycles. The van der Waals surface area contributed by atoms with Gasteiger partial charge in [0.25, 0.3) is 0 Å². The summed E-state index contributed by atoms with van der Waals surface area (Å²) < 4.78 is 0. The van der Waals surface area contributed by atoms with Crippen molar-refractivity contribution in [2.75, 3.05) is 32.7 Å². The molecular formula is C16H24ClN3. The summed E-state index contributed by atoms with van der Waals surface area (Å²) in [5.74, 6) is 0.537. The third-order valence-electron chi connectivity index (χ3n) is 4.82. The summed E-state index contributed by atoms with van der Waals surface area (Å²) in [4.78, 5) is 7.11. The predicted octanol–water partition coefficient (Wildman–Crippen LogP) is 2.91. The van der Waals surface area contributed by atoms with Crippen LogP contribution in [0, 0.1) is 5.41 Å². The molecule has 1 N–H and O–H groups in total. The van der Waals surface area contributed by atoms with E-state index in [4.69, 9.17) is 11.6 Å². The van der Waals surface area contributed by atoms with E-state index in [1.165, 1.54) is 52.0 Å². The van der Waals surface area contributed by atoms with Gasteiger partial charge in [0.15, 0.2) is 0 Å². The molecule has 2 saturated heterocycles. The van der Waals surface area contributed by atoms with Crippen molar-refractivity contribution in [3.8, 4) is 0 Å². The van der Waals surface area contributed by atoms with E-state index in [2.05, 4.69) is 22.1 Å². The molecule has 0 amide bonds. The number of pyridine rings is 1. The molecule has 110 valence electrons. The summed E-state index contributed by atoms with van der Waals surface area (Å²) in [6.07, 6.45) is 5.53. The first-order chi connectivity index (χ1) is 9.66. The van der Waals surface area contributed by atoms with E-state index in [0.29, 0.717) is 11.3 Å². The minimum atomic E-state index is 0.468. The largest absolute Gasteiger partial charge is 0.316 e. The van der Waals surface area contributed by atoms with Crippen LogP contribution in [0.1, 0.15) is 37.8 Å². The van der Waals surface area contributed by atoms with Gasteiger partial charge in [-0.2, -0.15) is 0 Å². The number of likely N-dealkylation sites (tertiary alicyclic amines) is 1. The molecule has 2 aliphatic rings. The number of nitrogens with one attached hydrogen (secondary N) is 1. The lowest BCUT2D eigenvalue weighted by Gasteiger charge is -2.37. The molecule has 0 radical (unpaired) electrons. The third-order valence-corrected chi connectivity index (χ3v) is 5.14. The van der Waals surface area contributed by atoms with Crippen molar-refractivity contribution in [1.29, 1.82) is 0 Å². The molecule has 2 fully saturated rings. The van der Waals surface area contributed by atoms with Crippen molar-refractivity contribution >= 4 is 11.6 Å². The second-order valence-electron chi connectivity index (χ2n) is 6.66. The smallest absolute Gasteiger partial charge is 0.0624 e.